The first-order chi connectivity index (χ1) is 11.4. The van der Waals surface area contributed by atoms with E-state index in [1.165, 1.54) is 24.1 Å². The minimum absolute atomic E-state index is 0. The van der Waals surface area contributed by atoms with E-state index in [0.29, 0.717) is 0 Å². The number of hydrogen-bond acceptors (Lipinski definition) is 4. The zero-order chi connectivity index (χ0) is 17.9. The number of imide groups is 1. The molecule has 0 aromatic heterocycles. The lowest BCUT2D eigenvalue weighted by atomic mass is 9.89. The number of carbonyl (C=O) groups is 3. The predicted molar refractivity (Wildman–Crippen MR) is 92.1 cm³/mol. The third-order valence-corrected chi connectivity index (χ3v) is 4.10. The minimum Gasteiger partial charge on any atom is -0.365 e. The van der Waals surface area contributed by atoms with E-state index in [1.54, 1.807) is 0 Å². The molecular formula is C16H26N5O4+. The zero-order valence-electron chi connectivity index (χ0n) is 13.5. The van der Waals surface area contributed by atoms with Gasteiger partial charge in [0.2, 0.25) is 11.8 Å². The molecule has 2 aliphatic rings. The lowest BCUT2D eigenvalue weighted by Gasteiger charge is -2.18. The Morgan fingerprint density at radius 1 is 1.28 bits per heavy atom. The van der Waals surface area contributed by atoms with Gasteiger partial charge < -0.3 is 10.1 Å². The van der Waals surface area contributed by atoms with Gasteiger partial charge in [0.05, 0.1) is 37.1 Å². The number of guanidine groups is 1. The summed E-state index contributed by atoms with van der Waals surface area (Å²) in [7, 11) is 1.46. The van der Waals surface area contributed by atoms with Crippen LogP contribution < -0.4 is 21.4 Å². The minimum atomic E-state index is -0.566. The van der Waals surface area contributed by atoms with Gasteiger partial charge in [-0.3, -0.25) is 25.2 Å². The van der Waals surface area contributed by atoms with E-state index in [-0.39, 0.29) is 38.3 Å². The van der Waals surface area contributed by atoms with E-state index in [2.05, 4.69) is 28.8 Å². The van der Waals surface area contributed by atoms with Gasteiger partial charge in [0, 0.05) is 7.05 Å². The summed E-state index contributed by atoms with van der Waals surface area (Å²) in [4.78, 5) is 40.1. The van der Waals surface area contributed by atoms with Crippen LogP contribution in [0.2, 0.25) is 0 Å². The number of rotatable bonds is 5. The van der Waals surface area contributed by atoms with Crippen molar-refractivity contribution in [3.63, 3.8) is 0 Å². The fourth-order valence-electron chi connectivity index (χ4n) is 2.97. The average molecular weight is 352 g/mol. The molecule has 2 heterocycles. The summed E-state index contributed by atoms with van der Waals surface area (Å²) in [6.45, 7) is 7.66. The molecule has 138 valence electrons. The summed E-state index contributed by atoms with van der Waals surface area (Å²) in [6.07, 6.45) is 2.07. The van der Waals surface area contributed by atoms with Gasteiger partial charge in [-0.1, -0.05) is 19.6 Å². The second-order valence-electron chi connectivity index (χ2n) is 5.46. The number of nitrogens with zero attached hydrogens (tertiary/aromatic N) is 1. The summed E-state index contributed by atoms with van der Waals surface area (Å²) in [5, 5.41) is 4.70. The number of fused-ring (bicyclic) bond motifs is 1. The molecular weight excluding hydrogens is 326 g/mol. The van der Waals surface area contributed by atoms with E-state index in [4.69, 9.17) is 10.5 Å². The van der Waals surface area contributed by atoms with Gasteiger partial charge in [-0.15, -0.1) is 13.2 Å². The van der Waals surface area contributed by atoms with Crippen molar-refractivity contribution in [1.82, 2.24) is 15.5 Å². The number of carbonyl (C=O) groups excluding carboxylic acids is 3. The molecule has 5 N–H and O–H groups in total. The van der Waals surface area contributed by atoms with Gasteiger partial charge in [-0.2, -0.15) is 5.32 Å². The maximum atomic E-state index is 12.5. The summed E-state index contributed by atoms with van der Waals surface area (Å²) in [5.41, 5.74) is 5.58. The van der Waals surface area contributed by atoms with Crippen molar-refractivity contribution in [2.45, 2.75) is 19.6 Å². The monoisotopic (exact) mass is 352 g/mol. The van der Waals surface area contributed by atoms with Crippen LogP contribution >= 0.6 is 0 Å². The third kappa shape index (κ3) is 3.87. The van der Waals surface area contributed by atoms with Crippen molar-refractivity contribution in [1.29, 1.82) is 0 Å². The molecule has 2 aliphatic heterocycles. The summed E-state index contributed by atoms with van der Waals surface area (Å²) in [6, 6.07) is -0.470. The smallest absolute Gasteiger partial charge is 0.365 e. The second kappa shape index (κ2) is 8.43. The molecule has 4 amide bonds. The van der Waals surface area contributed by atoms with E-state index >= 15 is 0 Å². The van der Waals surface area contributed by atoms with Gasteiger partial charge in [0.15, 0.2) is 0 Å². The summed E-state index contributed by atoms with van der Waals surface area (Å²) in [5.74, 6) is -1.69. The summed E-state index contributed by atoms with van der Waals surface area (Å²) >= 11 is 0. The number of urea groups is 1. The molecule has 2 saturated heterocycles. The van der Waals surface area contributed by atoms with Crippen molar-refractivity contribution in [2.75, 3.05) is 20.1 Å². The van der Waals surface area contributed by atoms with E-state index in [0.717, 1.165) is 0 Å². The number of hydrogen-bond donors (Lipinski definition) is 4. The van der Waals surface area contributed by atoms with Gasteiger partial charge in [0.1, 0.15) is 0 Å². The predicted octanol–water partition coefficient (Wildman–Crippen LogP) is -2.31. The maximum absolute atomic E-state index is 12.5. The molecule has 4 unspecified atom stereocenters. The van der Waals surface area contributed by atoms with Crippen LogP contribution in [0.1, 0.15) is 7.43 Å². The number of amides is 4. The molecule has 0 spiro atoms. The Balaban J connectivity index is 0.00000312. The van der Waals surface area contributed by atoms with Crippen LogP contribution in [-0.4, -0.2) is 61.1 Å². The molecule has 0 bridgehead atoms. The first kappa shape index (κ1) is 20.4. The Labute approximate surface area is 147 Å². The lowest BCUT2D eigenvalue weighted by molar-refractivity contribution is -0.459. The SMILES string of the molecule is C.C=CC1OC(C=C)C2C(=O)N(CC[NH+]=C(N)NC(=O)NC)C(=O)C12. The first-order valence-corrected chi connectivity index (χ1v) is 7.55. The third-order valence-electron chi connectivity index (χ3n) is 4.10. The maximum Gasteiger partial charge on any atom is 0.379 e. The van der Waals surface area contributed by atoms with Crippen LogP contribution in [0.15, 0.2) is 25.3 Å². The van der Waals surface area contributed by atoms with Crippen LogP contribution in [0.4, 0.5) is 4.79 Å². The van der Waals surface area contributed by atoms with Gasteiger partial charge >= 0.3 is 12.0 Å². The molecule has 9 nitrogen and oxygen atoms in total. The molecule has 0 aromatic carbocycles. The molecule has 4 atom stereocenters. The molecule has 9 heteroatoms. The molecule has 0 saturated carbocycles. The molecule has 2 rings (SSSR count). The van der Waals surface area contributed by atoms with Gasteiger partial charge in [-0.05, 0) is 0 Å². The Morgan fingerprint density at radius 3 is 2.24 bits per heavy atom. The highest BCUT2D eigenvalue weighted by atomic mass is 16.5. The number of ether oxygens (including phenoxy) is 1. The highest BCUT2D eigenvalue weighted by Crippen LogP contribution is 2.41. The Morgan fingerprint density at radius 2 is 1.80 bits per heavy atom. The summed E-state index contributed by atoms with van der Waals surface area (Å²) < 4.78 is 5.62. The van der Waals surface area contributed by atoms with Crippen LogP contribution in [0, 0.1) is 11.8 Å². The fourth-order valence-corrected chi connectivity index (χ4v) is 2.97. The van der Waals surface area contributed by atoms with Crippen LogP contribution in [0.5, 0.6) is 0 Å². The van der Waals surface area contributed by atoms with E-state index in [9.17, 15) is 14.4 Å². The lowest BCUT2D eigenvalue weighted by Crippen LogP contribution is -2.81. The largest absolute Gasteiger partial charge is 0.379 e. The second-order valence-corrected chi connectivity index (χ2v) is 5.46. The number of likely N-dealkylation sites (tertiary alicyclic amines) is 1. The highest BCUT2D eigenvalue weighted by Gasteiger charge is 2.58. The standard InChI is InChI=1S/C15H21N5O4.CH4/c1-4-8-10-11(9(5-2)24-8)13(22)20(12(10)21)7-6-18-14(16)19-15(23)17-3;/h4-5,8-11H,1-2,6-7H2,3H3,(H4,16,17,18,19,23);1H4/p+1. The van der Waals surface area contributed by atoms with Crippen LogP contribution in [-0.2, 0) is 14.3 Å². The van der Waals surface area contributed by atoms with Crippen molar-refractivity contribution in [3.8, 4) is 0 Å². The Kier molecular flexibility index (Phi) is 6.86. The number of nitrogens with one attached hydrogen (secondary N) is 3. The van der Waals surface area contributed by atoms with Crippen LogP contribution in [0.3, 0.4) is 0 Å². The Hall–Kier alpha value is -2.68. The zero-order valence-corrected chi connectivity index (χ0v) is 13.5. The highest BCUT2D eigenvalue weighted by molar-refractivity contribution is 6.06. The Bertz CT molecular complexity index is 571. The van der Waals surface area contributed by atoms with E-state index in [1.807, 2.05) is 0 Å². The molecule has 0 aromatic rings. The topological polar surface area (TPSA) is 128 Å². The number of nitrogens with two attached hydrogens (primary N) is 1. The first-order valence-electron chi connectivity index (χ1n) is 7.55. The van der Waals surface area contributed by atoms with Crippen molar-refractivity contribution < 1.29 is 24.1 Å². The van der Waals surface area contributed by atoms with Crippen LogP contribution in [0.25, 0.3) is 0 Å². The molecule has 2 fully saturated rings. The molecule has 0 aliphatic carbocycles. The molecule has 25 heavy (non-hydrogen) atoms. The van der Waals surface area contributed by atoms with Crippen molar-refractivity contribution in [3.05, 3.63) is 25.3 Å². The van der Waals surface area contributed by atoms with Gasteiger partial charge in [-0.25, -0.2) is 4.79 Å². The van der Waals surface area contributed by atoms with Crippen molar-refractivity contribution >= 4 is 23.8 Å². The normalized spacial score (nSPS) is 28.2. The van der Waals surface area contributed by atoms with Gasteiger partial charge in [0.25, 0.3) is 0 Å². The average Bonchev–Trinajstić information content (AvgIpc) is 3.06. The molecule has 0 radical (unpaired) electrons. The quantitative estimate of drug-likeness (QED) is 0.191. The fraction of sp³-hybridized carbons (Fsp3) is 0.500. The van der Waals surface area contributed by atoms with E-state index < -0.39 is 30.1 Å². The van der Waals surface area contributed by atoms with Crippen molar-refractivity contribution in [2.24, 2.45) is 17.6 Å².